The molecule has 0 spiro atoms. The Labute approximate surface area is 171 Å². The van der Waals surface area contributed by atoms with Gasteiger partial charge in [-0.3, -0.25) is 9.62 Å². The van der Waals surface area contributed by atoms with Crippen LogP contribution in [0, 0.1) is 11.3 Å². The Kier molecular flexibility index (Phi) is 4.96. The van der Waals surface area contributed by atoms with Gasteiger partial charge in [-0.15, -0.1) is 11.3 Å². The molecule has 2 aliphatic rings. The zero-order chi connectivity index (χ0) is 20.7. The van der Waals surface area contributed by atoms with Gasteiger partial charge in [-0.25, -0.2) is 22.2 Å². The SMILES string of the molecule is N#Cc1cc(NCC23CCCN2CC(F)(F)C3)ccc1S(=O)(=O)Nc1nccs1. The van der Waals surface area contributed by atoms with E-state index in [1.807, 2.05) is 11.0 Å². The fraction of sp³-hybridized carbons (Fsp3) is 0.444. The van der Waals surface area contributed by atoms with Crippen molar-refractivity contribution in [1.29, 1.82) is 5.26 Å². The summed E-state index contributed by atoms with van der Waals surface area (Å²) in [5.74, 6) is -2.70. The average molecular weight is 440 g/mol. The summed E-state index contributed by atoms with van der Waals surface area (Å²) in [6.07, 6.45) is 2.84. The zero-order valence-corrected chi connectivity index (χ0v) is 17.0. The van der Waals surface area contributed by atoms with Gasteiger partial charge in [0.2, 0.25) is 0 Å². The Balaban J connectivity index is 1.52. The second-order valence-electron chi connectivity index (χ2n) is 7.40. The number of anilines is 2. The Morgan fingerprint density at radius 3 is 2.93 bits per heavy atom. The van der Waals surface area contributed by atoms with Crippen LogP contribution < -0.4 is 10.0 Å². The van der Waals surface area contributed by atoms with Crippen molar-refractivity contribution in [2.75, 3.05) is 29.7 Å². The predicted octanol–water partition coefficient (Wildman–Crippen LogP) is 3.10. The molecule has 2 saturated heterocycles. The number of nitriles is 1. The fourth-order valence-corrected chi connectivity index (χ4v) is 6.12. The van der Waals surface area contributed by atoms with E-state index in [0.29, 0.717) is 25.2 Å². The van der Waals surface area contributed by atoms with Crippen molar-refractivity contribution in [3.8, 4) is 6.07 Å². The van der Waals surface area contributed by atoms with E-state index >= 15 is 0 Å². The molecular weight excluding hydrogens is 420 g/mol. The highest BCUT2D eigenvalue weighted by Gasteiger charge is 2.56. The van der Waals surface area contributed by atoms with E-state index in [9.17, 15) is 22.5 Å². The molecule has 7 nitrogen and oxygen atoms in total. The second kappa shape index (κ2) is 7.19. The Morgan fingerprint density at radius 1 is 1.38 bits per heavy atom. The van der Waals surface area contributed by atoms with Gasteiger partial charge in [0.25, 0.3) is 15.9 Å². The first-order valence-corrected chi connectivity index (χ1v) is 11.4. The van der Waals surface area contributed by atoms with Crippen LogP contribution in [-0.2, 0) is 10.0 Å². The van der Waals surface area contributed by atoms with Gasteiger partial charge < -0.3 is 5.32 Å². The molecule has 0 amide bonds. The van der Waals surface area contributed by atoms with E-state index in [4.69, 9.17) is 0 Å². The summed E-state index contributed by atoms with van der Waals surface area (Å²) in [7, 11) is -3.96. The van der Waals surface area contributed by atoms with E-state index in [2.05, 4.69) is 15.0 Å². The van der Waals surface area contributed by atoms with Crippen molar-refractivity contribution in [3.63, 3.8) is 0 Å². The molecule has 0 bridgehead atoms. The topological polar surface area (TPSA) is 98.1 Å². The number of hydrogen-bond donors (Lipinski definition) is 2. The Hall–Kier alpha value is -2.29. The zero-order valence-electron chi connectivity index (χ0n) is 15.4. The van der Waals surface area contributed by atoms with Crippen molar-refractivity contribution in [2.45, 2.75) is 35.6 Å². The molecule has 29 heavy (non-hydrogen) atoms. The molecule has 2 N–H and O–H groups in total. The van der Waals surface area contributed by atoms with Crippen LogP contribution >= 0.6 is 11.3 Å². The standard InChI is InChI=1S/C18H19F2N5O2S2/c19-18(20)10-17(4-1-6-25(17)12-18)11-23-14-2-3-15(13(8-14)9-21)29(26,27)24-16-22-5-7-28-16/h2-3,5,7-8,23H,1,4,6,10-12H2,(H,22,24). The molecule has 0 radical (unpaired) electrons. The highest BCUT2D eigenvalue weighted by molar-refractivity contribution is 7.93. The summed E-state index contributed by atoms with van der Waals surface area (Å²) in [6, 6.07) is 6.21. The lowest BCUT2D eigenvalue weighted by Gasteiger charge is -2.31. The van der Waals surface area contributed by atoms with Crippen LogP contribution in [0.25, 0.3) is 0 Å². The molecule has 2 aliphatic heterocycles. The minimum absolute atomic E-state index is 0.0309. The van der Waals surface area contributed by atoms with E-state index < -0.39 is 21.5 Å². The third-order valence-corrected chi connectivity index (χ3v) is 7.63. The number of nitrogens with one attached hydrogen (secondary N) is 2. The summed E-state index contributed by atoms with van der Waals surface area (Å²) in [4.78, 5) is 5.56. The molecule has 3 heterocycles. The number of halogens is 2. The van der Waals surface area contributed by atoms with Gasteiger partial charge in [-0.05, 0) is 37.6 Å². The number of thiazole rings is 1. The number of fused-ring (bicyclic) bond motifs is 1. The Bertz CT molecular complexity index is 1050. The molecule has 2 fully saturated rings. The molecule has 0 aliphatic carbocycles. The number of sulfonamides is 1. The largest absolute Gasteiger partial charge is 0.383 e. The lowest BCUT2D eigenvalue weighted by molar-refractivity contribution is 0.00976. The van der Waals surface area contributed by atoms with Crippen LogP contribution in [0.1, 0.15) is 24.8 Å². The average Bonchev–Trinajstić information content (AvgIpc) is 3.34. The van der Waals surface area contributed by atoms with Gasteiger partial charge in [-0.1, -0.05) is 0 Å². The number of nitrogens with zero attached hydrogens (tertiary/aromatic N) is 3. The van der Waals surface area contributed by atoms with Crippen molar-refractivity contribution in [3.05, 3.63) is 35.3 Å². The van der Waals surface area contributed by atoms with Crippen LogP contribution in [0.4, 0.5) is 19.6 Å². The molecule has 1 unspecified atom stereocenters. The molecule has 1 aromatic carbocycles. The van der Waals surface area contributed by atoms with Gasteiger partial charge in [-0.2, -0.15) is 5.26 Å². The highest BCUT2D eigenvalue weighted by Crippen LogP contribution is 2.45. The summed E-state index contributed by atoms with van der Waals surface area (Å²) >= 11 is 1.13. The van der Waals surface area contributed by atoms with E-state index in [1.54, 1.807) is 11.4 Å². The number of aromatic nitrogens is 1. The first-order chi connectivity index (χ1) is 13.7. The molecule has 2 aromatic rings. The maximum absolute atomic E-state index is 13.9. The van der Waals surface area contributed by atoms with E-state index in [0.717, 1.165) is 17.8 Å². The summed E-state index contributed by atoms with van der Waals surface area (Å²) in [5, 5.41) is 14.4. The molecule has 1 atom stereocenters. The van der Waals surface area contributed by atoms with E-state index in [1.165, 1.54) is 18.3 Å². The molecule has 1 aromatic heterocycles. The first-order valence-electron chi connectivity index (χ1n) is 9.06. The number of hydrogen-bond acceptors (Lipinski definition) is 7. The molecule has 0 saturated carbocycles. The van der Waals surface area contributed by atoms with Crippen molar-refractivity contribution in [2.24, 2.45) is 0 Å². The van der Waals surface area contributed by atoms with Gasteiger partial charge in [0.15, 0.2) is 5.13 Å². The van der Waals surface area contributed by atoms with Crippen molar-refractivity contribution < 1.29 is 17.2 Å². The van der Waals surface area contributed by atoms with Crippen LogP contribution in [0.15, 0.2) is 34.7 Å². The predicted molar refractivity (Wildman–Crippen MR) is 106 cm³/mol. The maximum Gasteiger partial charge on any atom is 0.264 e. The number of benzene rings is 1. The summed E-state index contributed by atoms with van der Waals surface area (Å²) in [6.45, 7) is 0.745. The van der Waals surface area contributed by atoms with Gasteiger partial charge >= 0.3 is 0 Å². The van der Waals surface area contributed by atoms with Crippen LogP contribution in [0.2, 0.25) is 0 Å². The van der Waals surface area contributed by atoms with Crippen molar-refractivity contribution in [1.82, 2.24) is 9.88 Å². The van der Waals surface area contributed by atoms with Gasteiger partial charge in [0.05, 0.1) is 12.1 Å². The molecule has 4 rings (SSSR count). The highest BCUT2D eigenvalue weighted by atomic mass is 32.2. The normalized spacial score (nSPS) is 23.5. The lowest BCUT2D eigenvalue weighted by Crippen LogP contribution is -2.44. The maximum atomic E-state index is 13.9. The molecule has 11 heteroatoms. The van der Waals surface area contributed by atoms with Gasteiger partial charge in [0.1, 0.15) is 11.0 Å². The fourth-order valence-electron chi connectivity index (χ4n) is 4.19. The summed E-state index contributed by atoms with van der Waals surface area (Å²) in [5.41, 5.74) is -0.115. The van der Waals surface area contributed by atoms with Crippen LogP contribution in [0.3, 0.4) is 0 Å². The third-order valence-electron chi connectivity index (χ3n) is 5.42. The van der Waals surface area contributed by atoms with Crippen molar-refractivity contribution >= 4 is 32.2 Å². The van der Waals surface area contributed by atoms with Crippen LogP contribution in [0.5, 0.6) is 0 Å². The second-order valence-corrected chi connectivity index (χ2v) is 9.95. The molecular formula is C18H19F2N5O2S2. The quantitative estimate of drug-likeness (QED) is 0.718. The first kappa shape index (κ1) is 20.0. The third kappa shape index (κ3) is 3.92. The number of rotatable bonds is 6. The lowest BCUT2D eigenvalue weighted by atomic mass is 9.93. The minimum Gasteiger partial charge on any atom is -0.383 e. The smallest absolute Gasteiger partial charge is 0.264 e. The van der Waals surface area contributed by atoms with E-state index in [-0.39, 0.29) is 28.6 Å². The minimum atomic E-state index is -3.96. The monoisotopic (exact) mass is 439 g/mol. The molecule has 154 valence electrons. The number of alkyl halides is 2. The summed E-state index contributed by atoms with van der Waals surface area (Å²) < 4.78 is 55.3. The Morgan fingerprint density at radius 2 is 2.21 bits per heavy atom. The van der Waals surface area contributed by atoms with Gasteiger partial charge in [0, 0.05) is 35.8 Å². The van der Waals surface area contributed by atoms with Crippen LogP contribution in [-0.4, -0.2) is 49.4 Å².